The van der Waals surface area contributed by atoms with Crippen LogP contribution < -0.4 is 5.32 Å². The zero-order valence-electron chi connectivity index (χ0n) is 4.34. The second-order valence-electron chi connectivity index (χ2n) is 1.12. The van der Waals surface area contributed by atoms with Crippen molar-refractivity contribution in [3.05, 3.63) is 0 Å². The molecule has 1 fully saturated rings. The Bertz CT molecular complexity index is 114. The van der Waals surface area contributed by atoms with Crippen molar-refractivity contribution in [3.8, 4) is 0 Å². The minimum absolute atomic E-state index is 0. The van der Waals surface area contributed by atoms with Crippen LogP contribution in [-0.4, -0.2) is 22.4 Å². The molecule has 0 unspecified atom stereocenters. The Morgan fingerprint density at radius 1 is 1.44 bits per heavy atom. The molecule has 54 valence electrons. The summed E-state index contributed by atoms with van der Waals surface area (Å²) in [6, 6.07) is 0. The van der Waals surface area contributed by atoms with E-state index < -0.39 is 0 Å². The highest BCUT2D eigenvalue weighted by atomic mass is 35.5. The smallest absolute Gasteiger partial charge is 0.286 e. The van der Waals surface area contributed by atoms with Crippen LogP contribution in [0.5, 0.6) is 0 Å². The molecule has 1 aliphatic rings. The van der Waals surface area contributed by atoms with Gasteiger partial charge in [-0.15, -0.1) is 12.4 Å². The van der Waals surface area contributed by atoms with Crippen LogP contribution in [0, 0.1) is 0 Å². The van der Waals surface area contributed by atoms with E-state index in [4.69, 9.17) is 0 Å². The zero-order chi connectivity index (χ0) is 5.28. The van der Waals surface area contributed by atoms with Crippen LogP contribution in [0.2, 0.25) is 0 Å². The summed E-state index contributed by atoms with van der Waals surface area (Å²) < 4.78 is 0. The van der Waals surface area contributed by atoms with Gasteiger partial charge in [0, 0.05) is 0 Å². The molecule has 9 heavy (non-hydrogen) atoms. The van der Waals surface area contributed by atoms with Gasteiger partial charge in [-0.3, -0.25) is 14.9 Å². The van der Waals surface area contributed by atoms with Crippen molar-refractivity contribution >= 4 is 35.3 Å². The average molecular weight is 172 g/mol. The highest BCUT2D eigenvalue weighted by Gasteiger charge is 2.16. The first-order valence-corrected chi connectivity index (χ1v) is 2.74. The van der Waals surface area contributed by atoms with Gasteiger partial charge in [-0.1, -0.05) is 11.8 Å². The first kappa shape index (κ1) is 11.5. The van der Waals surface area contributed by atoms with Crippen LogP contribution in [0.25, 0.3) is 0 Å². The molecule has 2 amide bonds. The van der Waals surface area contributed by atoms with Crippen molar-refractivity contribution in [2.45, 2.75) is 0 Å². The van der Waals surface area contributed by atoms with Gasteiger partial charge in [-0.05, 0) is 0 Å². The molecule has 1 rings (SSSR count). The van der Waals surface area contributed by atoms with Crippen LogP contribution in [0.15, 0.2) is 0 Å². The molecule has 1 heterocycles. The Labute approximate surface area is 62.1 Å². The van der Waals surface area contributed by atoms with Crippen molar-refractivity contribution in [2.75, 3.05) is 5.75 Å². The summed E-state index contributed by atoms with van der Waals surface area (Å²) in [5.41, 5.74) is 0. The number of imide groups is 1. The van der Waals surface area contributed by atoms with Crippen LogP contribution in [0.4, 0.5) is 4.79 Å². The number of hydrogen-bond acceptors (Lipinski definition) is 3. The van der Waals surface area contributed by atoms with Crippen LogP contribution in [0.1, 0.15) is 0 Å². The number of thioether (sulfide) groups is 1. The van der Waals surface area contributed by atoms with Crippen molar-refractivity contribution < 1.29 is 15.1 Å². The molecule has 0 saturated carbocycles. The van der Waals surface area contributed by atoms with E-state index in [0.717, 1.165) is 11.8 Å². The summed E-state index contributed by atoms with van der Waals surface area (Å²) in [5, 5.41) is 1.87. The Hall–Kier alpha value is -0.260. The lowest BCUT2D eigenvalue weighted by Crippen LogP contribution is -2.18. The van der Waals surface area contributed by atoms with Gasteiger partial charge in [0.25, 0.3) is 5.24 Å². The zero-order valence-corrected chi connectivity index (χ0v) is 5.97. The topological polar surface area (TPSA) is 77.7 Å². The van der Waals surface area contributed by atoms with E-state index >= 15 is 0 Å². The molecule has 0 aromatic rings. The maximum absolute atomic E-state index is 10.1. The SMILES string of the molecule is Cl.O.O=C1CSC(=O)N1. The van der Waals surface area contributed by atoms with Crippen molar-refractivity contribution in [1.82, 2.24) is 5.32 Å². The molecule has 6 heteroatoms. The summed E-state index contributed by atoms with van der Waals surface area (Å²) in [6.45, 7) is 0. The normalized spacial score (nSPS) is 15.6. The van der Waals surface area contributed by atoms with Crippen LogP contribution in [-0.2, 0) is 4.79 Å². The molecule has 0 aliphatic carbocycles. The molecule has 0 aromatic carbocycles. The van der Waals surface area contributed by atoms with E-state index in [9.17, 15) is 9.59 Å². The van der Waals surface area contributed by atoms with Crippen molar-refractivity contribution in [2.24, 2.45) is 0 Å². The number of nitrogens with one attached hydrogen (secondary N) is 1. The van der Waals surface area contributed by atoms with Crippen LogP contribution >= 0.6 is 24.2 Å². The van der Waals surface area contributed by atoms with Gasteiger partial charge in [-0.25, -0.2) is 0 Å². The minimum atomic E-state index is -0.231. The van der Waals surface area contributed by atoms with E-state index in [0.29, 0.717) is 5.75 Å². The fourth-order valence-corrected chi connectivity index (χ4v) is 0.837. The maximum atomic E-state index is 10.1. The second-order valence-corrected chi connectivity index (χ2v) is 2.07. The number of carbonyl (C=O) groups excluding carboxylic acids is 2. The van der Waals surface area contributed by atoms with Gasteiger partial charge < -0.3 is 5.48 Å². The van der Waals surface area contributed by atoms with Gasteiger partial charge in [0.2, 0.25) is 5.91 Å². The summed E-state index contributed by atoms with van der Waals surface area (Å²) in [7, 11) is 0. The number of rotatable bonds is 0. The predicted octanol–water partition coefficient (Wildman–Crippen LogP) is -0.433. The average Bonchev–Trinajstić information content (AvgIpc) is 1.87. The van der Waals surface area contributed by atoms with Crippen molar-refractivity contribution in [3.63, 3.8) is 0 Å². The van der Waals surface area contributed by atoms with E-state index in [-0.39, 0.29) is 29.0 Å². The molecular formula is C3H6ClNO3S. The minimum Gasteiger partial charge on any atom is -0.412 e. The van der Waals surface area contributed by atoms with Gasteiger partial charge in [0.1, 0.15) is 0 Å². The molecule has 0 atom stereocenters. The largest absolute Gasteiger partial charge is 0.412 e. The predicted molar refractivity (Wildman–Crippen MR) is 36.9 cm³/mol. The summed E-state index contributed by atoms with van der Waals surface area (Å²) in [5.74, 6) is 0.105. The van der Waals surface area contributed by atoms with E-state index in [1.54, 1.807) is 0 Å². The third kappa shape index (κ3) is 3.34. The van der Waals surface area contributed by atoms with Gasteiger partial charge in [0.15, 0.2) is 0 Å². The molecule has 4 nitrogen and oxygen atoms in total. The Morgan fingerprint density at radius 2 is 2.00 bits per heavy atom. The van der Waals surface area contributed by atoms with Crippen LogP contribution in [0.3, 0.4) is 0 Å². The molecule has 0 bridgehead atoms. The molecule has 0 aromatic heterocycles. The molecule has 0 spiro atoms. The highest BCUT2D eigenvalue weighted by Crippen LogP contribution is 2.06. The third-order valence-electron chi connectivity index (χ3n) is 0.576. The first-order valence-electron chi connectivity index (χ1n) is 1.75. The molecule has 1 aliphatic heterocycles. The second kappa shape index (κ2) is 4.60. The molecular weight excluding hydrogens is 166 g/mol. The summed E-state index contributed by atoms with van der Waals surface area (Å²) >= 11 is 1.01. The summed E-state index contributed by atoms with van der Waals surface area (Å²) in [4.78, 5) is 20.2. The maximum Gasteiger partial charge on any atom is 0.286 e. The molecule has 3 N–H and O–H groups in total. The lowest BCUT2D eigenvalue weighted by atomic mass is 10.7. The van der Waals surface area contributed by atoms with Gasteiger partial charge >= 0.3 is 0 Å². The fourth-order valence-electron chi connectivity index (χ4n) is 0.317. The Kier molecular flexibility index (Phi) is 5.89. The van der Waals surface area contributed by atoms with E-state index in [1.807, 2.05) is 0 Å². The van der Waals surface area contributed by atoms with Gasteiger partial charge in [-0.2, -0.15) is 0 Å². The molecule has 1 saturated heterocycles. The molecule has 0 radical (unpaired) electrons. The van der Waals surface area contributed by atoms with E-state index in [2.05, 4.69) is 5.32 Å². The van der Waals surface area contributed by atoms with Crippen molar-refractivity contribution in [1.29, 1.82) is 0 Å². The number of amides is 2. The quantitative estimate of drug-likeness (QED) is 0.537. The van der Waals surface area contributed by atoms with E-state index in [1.165, 1.54) is 0 Å². The fraction of sp³-hybridized carbons (Fsp3) is 0.333. The highest BCUT2D eigenvalue weighted by molar-refractivity contribution is 8.14. The Balaban J connectivity index is 0. The number of carbonyl (C=O) groups is 2. The lowest BCUT2D eigenvalue weighted by molar-refractivity contribution is -0.117. The monoisotopic (exact) mass is 171 g/mol. The first-order chi connectivity index (χ1) is 3.29. The Morgan fingerprint density at radius 3 is 2.11 bits per heavy atom. The number of hydrogen-bond donors (Lipinski definition) is 1. The standard InChI is InChI=1S/C3H3NO2S.ClH.H2O/c5-2-1-7-3(6)4-2;;/h1H2,(H,4,5,6);1H;1H2. The lowest BCUT2D eigenvalue weighted by Gasteiger charge is -1.77. The number of halogens is 1. The van der Waals surface area contributed by atoms with Gasteiger partial charge in [0.05, 0.1) is 5.75 Å². The summed E-state index contributed by atoms with van der Waals surface area (Å²) in [6.07, 6.45) is 0. The third-order valence-corrected chi connectivity index (χ3v) is 1.35.